The van der Waals surface area contributed by atoms with Crippen molar-refractivity contribution < 1.29 is 0 Å². The summed E-state index contributed by atoms with van der Waals surface area (Å²) in [5.74, 6) is 4.66. The van der Waals surface area contributed by atoms with Crippen LogP contribution in [0.5, 0.6) is 0 Å². The fourth-order valence-corrected chi connectivity index (χ4v) is 7.38. The molecule has 0 amide bonds. The van der Waals surface area contributed by atoms with Crippen molar-refractivity contribution in [1.82, 2.24) is 0 Å². The lowest BCUT2D eigenvalue weighted by Gasteiger charge is -2.11. The number of aryl methyl sites for hydroxylation is 2. The molecule has 182 valence electrons. The quantitative estimate of drug-likeness (QED) is 0.230. The first kappa shape index (κ1) is 24.4. The van der Waals surface area contributed by atoms with Crippen LogP contribution in [0.2, 0.25) is 0 Å². The van der Waals surface area contributed by atoms with Crippen LogP contribution in [0.15, 0.2) is 101 Å². The summed E-state index contributed by atoms with van der Waals surface area (Å²) < 4.78 is 0. The summed E-state index contributed by atoms with van der Waals surface area (Å²) in [4.78, 5) is 2.48. The van der Waals surface area contributed by atoms with E-state index in [1.807, 2.05) is 0 Å². The predicted octanol–water partition coefficient (Wildman–Crippen LogP) is 7.03. The molecular formula is C33H34N2S. The maximum atomic E-state index is 5.73. The summed E-state index contributed by atoms with van der Waals surface area (Å²) in [6.45, 7) is 5.51. The Morgan fingerprint density at radius 1 is 0.611 bits per heavy atom. The molecule has 2 nitrogen and oxygen atoms in total. The molecule has 4 aromatic carbocycles. The summed E-state index contributed by atoms with van der Waals surface area (Å²) in [6.07, 6.45) is 4.01. The molecule has 0 bridgehead atoms. The van der Waals surface area contributed by atoms with Gasteiger partial charge in [0.15, 0.2) is 0 Å². The van der Waals surface area contributed by atoms with E-state index in [0.717, 1.165) is 25.7 Å². The van der Waals surface area contributed by atoms with E-state index in [0.29, 0.717) is 13.1 Å². The third-order valence-corrected chi connectivity index (χ3v) is 9.81. The van der Waals surface area contributed by atoms with Gasteiger partial charge in [0.1, 0.15) is 0 Å². The summed E-state index contributed by atoms with van der Waals surface area (Å²) in [7, 11) is -1.64. The lowest BCUT2D eigenvalue weighted by Crippen LogP contribution is -2.00. The first-order chi connectivity index (χ1) is 17.6. The highest BCUT2D eigenvalue weighted by molar-refractivity contribution is 8.28. The lowest BCUT2D eigenvalue weighted by atomic mass is 9.94. The fourth-order valence-electron chi connectivity index (χ4n) is 5.15. The lowest BCUT2D eigenvalue weighted by molar-refractivity contribution is 0.833. The number of fused-ring (bicyclic) bond motifs is 3. The average Bonchev–Trinajstić information content (AvgIpc) is 3.18. The molecule has 4 aromatic rings. The Morgan fingerprint density at radius 3 is 1.47 bits per heavy atom. The summed E-state index contributed by atoms with van der Waals surface area (Å²) in [5, 5.41) is 3.33. The largest absolute Gasteiger partial charge is 0.330 e. The van der Waals surface area contributed by atoms with Crippen molar-refractivity contribution in [2.24, 2.45) is 11.5 Å². The zero-order valence-electron chi connectivity index (χ0n) is 20.8. The SMILES string of the molecule is C=C=S1(=C)c2ccc(-c3cccc(CCCN)c3)cc2-c2cc(-c3cccc(CCCN)c3)ccc21. The highest BCUT2D eigenvalue weighted by Crippen LogP contribution is 2.57. The van der Waals surface area contributed by atoms with Crippen molar-refractivity contribution in [2.75, 3.05) is 13.1 Å². The van der Waals surface area contributed by atoms with Gasteiger partial charge in [0, 0.05) is 9.79 Å². The molecule has 1 heterocycles. The van der Waals surface area contributed by atoms with Crippen LogP contribution in [0.3, 0.4) is 0 Å². The van der Waals surface area contributed by atoms with Gasteiger partial charge in [0.25, 0.3) is 0 Å². The van der Waals surface area contributed by atoms with Gasteiger partial charge in [-0.1, -0.05) is 78.1 Å². The molecule has 4 N–H and O–H groups in total. The Labute approximate surface area is 215 Å². The van der Waals surface area contributed by atoms with Crippen molar-refractivity contribution >= 4 is 20.1 Å². The fraction of sp³-hybridized carbons (Fsp3) is 0.182. The summed E-state index contributed by atoms with van der Waals surface area (Å²) in [5.41, 5.74) is 21.5. The molecule has 0 atom stereocenters. The second-order valence-electron chi connectivity index (χ2n) is 9.49. The van der Waals surface area contributed by atoms with E-state index in [4.69, 9.17) is 11.5 Å². The standard InChI is InChI=1S/C33H34N2S/c1-3-36(2)32-16-14-28(26-12-4-8-24(20-26)10-6-18-34)22-30(32)31-23-29(15-17-33(31)36)27-13-5-9-25(21-27)11-7-19-35/h4-5,8-9,12-17,20-23H,1-2,6-7,10-11,18-19,34-35H2. The second-order valence-corrected chi connectivity index (χ2v) is 12.1. The van der Waals surface area contributed by atoms with Gasteiger partial charge >= 0.3 is 0 Å². The Hall–Kier alpha value is -3.33. The molecular weight excluding hydrogens is 456 g/mol. The number of rotatable bonds is 8. The highest BCUT2D eigenvalue weighted by atomic mass is 32.2. The molecule has 5 rings (SSSR count). The molecule has 0 fully saturated rings. The van der Waals surface area contributed by atoms with Crippen molar-refractivity contribution in [2.45, 2.75) is 35.5 Å². The molecule has 0 unspecified atom stereocenters. The summed E-state index contributed by atoms with van der Waals surface area (Å²) >= 11 is 0. The van der Waals surface area contributed by atoms with Gasteiger partial charge in [-0.3, -0.25) is 0 Å². The maximum absolute atomic E-state index is 5.73. The molecule has 0 saturated heterocycles. The molecule has 1 aliphatic rings. The van der Waals surface area contributed by atoms with Crippen molar-refractivity contribution in [3.05, 3.63) is 103 Å². The molecule has 0 aromatic heterocycles. The van der Waals surface area contributed by atoms with Crippen LogP contribution in [-0.2, 0) is 12.8 Å². The van der Waals surface area contributed by atoms with Crippen molar-refractivity contribution in [1.29, 1.82) is 0 Å². The highest BCUT2D eigenvalue weighted by Gasteiger charge is 2.26. The maximum Gasteiger partial charge on any atom is 0.0153 e. The van der Waals surface area contributed by atoms with Gasteiger partial charge in [-0.2, -0.15) is 0 Å². The van der Waals surface area contributed by atoms with E-state index in [1.54, 1.807) is 0 Å². The van der Waals surface area contributed by atoms with Gasteiger partial charge in [-0.25, -0.2) is 0 Å². The minimum absolute atomic E-state index is 0.713. The van der Waals surface area contributed by atoms with Crippen LogP contribution in [-0.4, -0.2) is 24.0 Å². The average molecular weight is 491 g/mol. The first-order valence-corrected chi connectivity index (χ1v) is 14.4. The zero-order valence-corrected chi connectivity index (χ0v) is 21.6. The van der Waals surface area contributed by atoms with Gasteiger partial charge in [-0.05, 0) is 108 Å². The van der Waals surface area contributed by atoms with Crippen LogP contribution >= 0.6 is 9.21 Å². The Balaban J connectivity index is 1.61. The molecule has 0 aliphatic carbocycles. The Kier molecular flexibility index (Phi) is 7.00. The smallest absolute Gasteiger partial charge is 0.0153 e. The molecule has 0 spiro atoms. The zero-order chi connectivity index (χ0) is 25.1. The predicted molar refractivity (Wildman–Crippen MR) is 159 cm³/mol. The third kappa shape index (κ3) is 4.48. The number of nitrogens with two attached hydrogens (primary N) is 2. The van der Waals surface area contributed by atoms with Gasteiger partial charge in [0.05, 0.1) is 0 Å². The topological polar surface area (TPSA) is 52.0 Å². The monoisotopic (exact) mass is 490 g/mol. The van der Waals surface area contributed by atoms with Crippen LogP contribution in [0.25, 0.3) is 33.4 Å². The van der Waals surface area contributed by atoms with Crippen LogP contribution in [0.4, 0.5) is 0 Å². The van der Waals surface area contributed by atoms with Crippen molar-refractivity contribution in [3.63, 3.8) is 0 Å². The van der Waals surface area contributed by atoms with Crippen LogP contribution in [0.1, 0.15) is 24.0 Å². The van der Waals surface area contributed by atoms with E-state index >= 15 is 0 Å². The minimum Gasteiger partial charge on any atom is -0.330 e. The van der Waals surface area contributed by atoms with Gasteiger partial charge in [-0.15, -0.1) is 9.21 Å². The third-order valence-electron chi connectivity index (χ3n) is 7.11. The number of hydrogen-bond acceptors (Lipinski definition) is 2. The Morgan fingerprint density at radius 2 is 1.06 bits per heavy atom. The van der Waals surface area contributed by atoms with E-state index in [2.05, 4.69) is 102 Å². The number of benzene rings is 4. The number of hydrogen-bond donors (Lipinski definition) is 2. The van der Waals surface area contributed by atoms with Gasteiger partial charge in [0.2, 0.25) is 0 Å². The van der Waals surface area contributed by atoms with E-state index in [-0.39, 0.29) is 0 Å². The molecule has 0 saturated carbocycles. The molecule has 36 heavy (non-hydrogen) atoms. The van der Waals surface area contributed by atoms with Crippen molar-refractivity contribution in [3.8, 4) is 33.4 Å². The first-order valence-electron chi connectivity index (χ1n) is 12.6. The van der Waals surface area contributed by atoms with E-state index in [1.165, 1.54) is 54.3 Å². The Bertz CT molecular complexity index is 1460. The summed E-state index contributed by atoms with van der Waals surface area (Å²) in [6, 6.07) is 31.2. The molecule has 0 radical (unpaired) electrons. The van der Waals surface area contributed by atoms with Gasteiger partial charge < -0.3 is 11.5 Å². The molecule has 1 aliphatic heterocycles. The van der Waals surface area contributed by atoms with Crippen LogP contribution < -0.4 is 11.5 Å². The molecule has 3 heteroatoms. The van der Waals surface area contributed by atoms with E-state index < -0.39 is 9.21 Å². The second kappa shape index (κ2) is 10.3. The normalized spacial score (nSPS) is 13.2. The van der Waals surface area contributed by atoms with E-state index in [9.17, 15) is 0 Å². The minimum atomic E-state index is -1.64. The van der Waals surface area contributed by atoms with Crippen LogP contribution in [0, 0.1) is 0 Å².